The van der Waals surface area contributed by atoms with Gasteiger partial charge in [0.25, 0.3) is 5.91 Å². The van der Waals surface area contributed by atoms with E-state index in [-0.39, 0.29) is 11.9 Å². The molecule has 0 saturated carbocycles. The number of nitrogens with zero attached hydrogens (tertiary/aromatic N) is 3. The second kappa shape index (κ2) is 6.83. The van der Waals surface area contributed by atoms with Crippen molar-refractivity contribution in [2.45, 2.75) is 19.9 Å². The van der Waals surface area contributed by atoms with E-state index in [0.717, 1.165) is 18.8 Å². The van der Waals surface area contributed by atoms with Crippen LogP contribution in [-0.4, -0.2) is 42.0 Å². The maximum absolute atomic E-state index is 12.7. The SMILES string of the molecule is CC(C)n1cc(NC(=O)c2ccccc2N2CCOCC2)cn1. The molecule has 0 atom stereocenters. The van der Waals surface area contributed by atoms with Crippen molar-refractivity contribution < 1.29 is 9.53 Å². The summed E-state index contributed by atoms with van der Waals surface area (Å²) in [5.74, 6) is -0.115. The minimum atomic E-state index is -0.115. The van der Waals surface area contributed by atoms with Gasteiger partial charge in [-0.3, -0.25) is 9.48 Å². The lowest BCUT2D eigenvalue weighted by Crippen LogP contribution is -2.37. The van der Waals surface area contributed by atoms with E-state index in [4.69, 9.17) is 4.74 Å². The van der Waals surface area contributed by atoms with Crippen LogP contribution in [0.4, 0.5) is 11.4 Å². The molecule has 2 aromatic rings. The monoisotopic (exact) mass is 314 g/mol. The van der Waals surface area contributed by atoms with Crippen LogP contribution in [-0.2, 0) is 4.74 Å². The number of para-hydroxylation sites is 1. The van der Waals surface area contributed by atoms with Crippen LogP contribution in [0.5, 0.6) is 0 Å². The third-order valence-electron chi connectivity index (χ3n) is 3.89. The van der Waals surface area contributed by atoms with Gasteiger partial charge >= 0.3 is 0 Å². The molecule has 0 bridgehead atoms. The van der Waals surface area contributed by atoms with Crippen molar-refractivity contribution in [2.24, 2.45) is 0 Å². The number of ether oxygens (including phenoxy) is 1. The maximum Gasteiger partial charge on any atom is 0.257 e. The minimum Gasteiger partial charge on any atom is -0.378 e. The number of rotatable bonds is 4. The molecule has 0 radical (unpaired) electrons. The summed E-state index contributed by atoms with van der Waals surface area (Å²) in [5.41, 5.74) is 2.33. The lowest BCUT2D eigenvalue weighted by Gasteiger charge is -2.30. The Morgan fingerprint density at radius 3 is 2.70 bits per heavy atom. The van der Waals surface area contributed by atoms with Crippen LogP contribution in [0.15, 0.2) is 36.7 Å². The van der Waals surface area contributed by atoms with E-state index in [0.29, 0.717) is 24.5 Å². The van der Waals surface area contributed by atoms with Gasteiger partial charge in [0.1, 0.15) is 0 Å². The Morgan fingerprint density at radius 1 is 1.26 bits per heavy atom. The van der Waals surface area contributed by atoms with Crippen molar-refractivity contribution in [3.63, 3.8) is 0 Å². The molecule has 1 aliphatic rings. The highest BCUT2D eigenvalue weighted by molar-refractivity contribution is 6.08. The van der Waals surface area contributed by atoms with E-state index in [1.54, 1.807) is 6.20 Å². The molecule has 1 N–H and O–H groups in total. The number of hydrogen-bond donors (Lipinski definition) is 1. The number of nitrogens with one attached hydrogen (secondary N) is 1. The zero-order valence-electron chi connectivity index (χ0n) is 13.5. The summed E-state index contributed by atoms with van der Waals surface area (Å²) in [5, 5.41) is 7.18. The molecular weight excluding hydrogens is 292 g/mol. The topological polar surface area (TPSA) is 59.4 Å². The molecule has 1 fully saturated rings. The fraction of sp³-hybridized carbons (Fsp3) is 0.412. The molecule has 1 saturated heterocycles. The summed E-state index contributed by atoms with van der Waals surface area (Å²) in [6.45, 7) is 7.08. The fourth-order valence-electron chi connectivity index (χ4n) is 2.63. The molecule has 23 heavy (non-hydrogen) atoms. The van der Waals surface area contributed by atoms with E-state index in [2.05, 4.69) is 15.3 Å². The number of carbonyl (C=O) groups excluding carboxylic acids is 1. The van der Waals surface area contributed by atoms with Crippen molar-refractivity contribution in [3.8, 4) is 0 Å². The summed E-state index contributed by atoms with van der Waals surface area (Å²) >= 11 is 0. The van der Waals surface area contributed by atoms with E-state index >= 15 is 0 Å². The molecule has 1 aromatic heterocycles. The predicted molar refractivity (Wildman–Crippen MR) is 90.0 cm³/mol. The first-order chi connectivity index (χ1) is 11.1. The van der Waals surface area contributed by atoms with Crippen LogP contribution in [0.2, 0.25) is 0 Å². The van der Waals surface area contributed by atoms with Gasteiger partial charge < -0.3 is 15.0 Å². The second-order valence-electron chi connectivity index (χ2n) is 5.87. The summed E-state index contributed by atoms with van der Waals surface area (Å²) in [4.78, 5) is 14.8. The highest BCUT2D eigenvalue weighted by Gasteiger charge is 2.18. The molecular formula is C17H22N4O2. The molecule has 0 spiro atoms. The summed E-state index contributed by atoms with van der Waals surface area (Å²) in [6, 6.07) is 7.95. The Hall–Kier alpha value is -2.34. The number of morpholine rings is 1. The number of benzene rings is 1. The summed E-state index contributed by atoms with van der Waals surface area (Å²) in [6.07, 6.45) is 3.52. The normalized spacial score (nSPS) is 15.0. The van der Waals surface area contributed by atoms with Gasteiger partial charge in [0.15, 0.2) is 0 Å². The van der Waals surface area contributed by atoms with E-state index in [1.165, 1.54) is 0 Å². The highest BCUT2D eigenvalue weighted by Crippen LogP contribution is 2.22. The van der Waals surface area contributed by atoms with Gasteiger partial charge in [-0.25, -0.2) is 0 Å². The van der Waals surface area contributed by atoms with Crippen molar-refractivity contribution in [1.29, 1.82) is 0 Å². The van der Waals surface area contributed by atoms with Gasteiger partial charge in [-0.1, -0.05) is 12.1 Å². The van der Waals surface area contributed by atoms with Gasteiger partial charge in [-0.15, -0.1) is 0 Å². The van der Waals surface area contributed by atoms with Gasteiger partial charge in [0.2, 0.25) is 0 Å². The number of anilines is 2. The zero-order chi connectivity index (χ0) is 16.2. The largest absolute Gasteiger partial charge is 0.378 e. The van der Waals surface area contributed by atoms with Gasteiger partial charge in [0, 0.05) is 31.0 Å². The first-order valence-corrected chi connectivity index (χ1v) is 7.92. The van der Waals surface area contributed by atoms with Gasteiger partial charge in [-0.2, -0.15) is 5.10 Å². The van der Waals surface area contributed by atoms with Gasteiger partial charge in [-0.05, 0) is 26.0 Å². The lowest BCUT2D eigenvalue weighted by atomic mass is 10.1. The Balaban J connectivity index is 1.78. The highest BCUT2D eigenvalue weighted by atomic mass is 16.5. The molecule has 1 aliphatic heterocycles. The smallest absolute Gasteiger partial charge is 0.257 e. The molecule has 1 amide bonds. The second-order valence-corrected chi connectivity index (χ2v) is 5.87. The molecule has 6 heteroatoms. The van der Waals surface area contributed by atoms with Crippen LogP contribution in [0.25, 0.3) is 0 Å². The molecule has 1 aromatic carbocycles. The van der Waals surface area contributed by atoms with E-state index in [1.807, 2.05) is 49.0 Å². The Morgan fingerprint density at radius 2 is 2.00 bits per heavy atom. The molecule has 0 aliphatic carbocycles. The molecule has 0 unspecified atom stereocenters. The Labute approximate surface area is 136 Å². The summed E-state index contributed by atoms with van der Waals surface area (Å²) in [7, 11) is 0. The third-order valence-corrected chi connectivity index (χ3v) is 3.89. The average molecular weight is 314 g/mol. The van der Waals surface area contributed by atoms with Crippen LogP contribution in [0, 0.1) is 0 Å². The Bertz CT molecular complexity index is 675. The van der Waals surface area contributed by atoms with E-state index < -0.39 is 0 Å². The van der Waals surface area contributed by atoms with Crippen molar-refractivity contribution in [3.05, 3.63) is 42.2 Å². The van der Waals surface area contributed by atoms with Crippen molar-refractivity contribution in [2.75, 3.05) is 36.5 Å². The van der Waals surface area contributed by atoms with Gasteiger partial charge in [0.05, 0.1) is 30.7 Å². The first kappa shape index (κ1) is 15.6. The molecule has 2 heterocycles. The zero-order valence-corrected chi connectivity index (χ0v) is 13.5. The number of aromatic nitrogens is 2. The van der Waals surface area contributed by atoms with Crippen LogP contribution in [0.1, 0.15) is 30.2 Å². The standard InChI is InChI=1S/C17H22N4O2/c1-13(2)21-12-14(11-18-21)19-17(22)15-5-3-4-6-16(15)20-7-9-23-10-8-20/h3-6,11-13H,7-10H2,1-2H3,(H,19,22). The number of amides is 1. The number of hydrogen-bond acceptors (Lipinski definition) is 4. The van der Waals surface area contributed by atoms with Crippen molar-refractivity contribution in [1.82, 2.24) is 9.78 Å². The average Bonchev–Trinajstić information content (AvgIpc) is 3.04. The van der Waals surface area contributed by atoms with Crippen LogP contribution >= 0.6 is 0 Å². The number of carbonyl (C=O) groups is 1. The summed E-state index contributed by atoms with van der Waals surface area (Å²) < 4.78 is 7.21. The van der Waals surface area contributed by atoms with Crippen molar-refractivity contribution >= 4 is 17.3 Å². The Kier molecular flexibility index (Phi) is 4.62. The lowest BCUT2D eigenvalue weighted by molar-refractivity contribution is 0.102. The minimum absolute atomic E-state index is 0.115. The van der Waals surface area contributed by atoms with E-state index in [9.17, 15) is 4.79 Å². The molecule has 122 valence electrons. The van der Waals surface area contributed by atoms with Crippen LogP contribution in [0.3, 0.4) is 0 Å². The molecule has 3 rings (SSSR count). The first-order valence-electron chi connectivity index (χ1n) is 7.92. The molecule has 6 nitrogen and oxygen atoms in total. The quantitative estimate of drug-likeness (QED) is 0.942. The fourth-order valence-corrected chi connectivity index (χ4v) is 2.63. The predicted octanol–water partition coefficient (Wildman–Crippen LogP) is 2.55. The van der Waals surface area contributed by atoms with Crippen LogP contribution < -0.4 is 10.2 Å². The maximum atomic E-state index is 12.7. The third kappa shape index (κ3) is 3.53.